The number of carbonyl (C=O) groups excluding carboxylic acids is 1. The third-order valence-electron chi connectivity index (χ3n) is 4.66. The predicted molar refractivity (Wildman–Crippen MR) is 104 cm³/mol. The van der Waals surface area contributed by atoms with Crippen LogP contribution in [-0.2, 0) is 11.3 Å². The molecule has 0 aliphatic heterocycles. The Morgan fingerprint density at radius 1 is 1.19 bits per heavy atom. The highest BCUT2D eigenvalue weighted by Gasteiger charge is 2.44. The molecule has 1 saturated carbocycles. The molecule has 1 fully saturated rings. The van der Waals surface area contributed by atoms with Gasteiger partial charge in [0.25, 0.3) is 0 Å². The molecule has 138 valence electrons. The highest BCUT2D eigenvalue weighted by molar-refractivity contribution is 6.31. The van der Waals surface area contributed by atoms with Crippen LogP contribution in [0.3, 0.4) is 0 Å². The summed E-state index contributed by atoms with van der Waals surface area (Å²) in [4.78, 5) is 12.4. The lowest BCUT2D eigenvalue weighted by Crippen LogP contribution is -2.15. The molecule has 27 heavy (non-hydrogen) atoms. The molecular formula is C20H16Cl2FN3O. The number of carbonyl (C=O) groups is 1. The normalized spacial score (nSPS) is 18.3. The first kappa shape index (κ1) is 18.0. The minimum Gasteiger partial charge on any atom is -0.309 e. The van der Waals surface area contributed by atoms with Gasteiger partial charge in [-0.05, 0) is 47.7 Å². The second-order valence-corrected chi connectivity index (χ2v) is 7.47. The van der Waals surface area contributed by atoms with E-state index in [0.29, 0.717) is 22.4 Å². The van der Waals surface area contributed by atoms with Gasteiger partial charge in [-0.25, -0.2) is 4.39 Å². The van der Waals surface area contributed by atoms with Crippen molar-refractivity contribution < 1.29 is 9.18 Å². The number of amides is 1. The maximum Gasteiger partial charge on any atom is 0.229 e. The van der Waals surface area contributed by atoms with Crippen LogP contribution in [0.15, 0.2) is 54.7 Å². The second-order valence-electron chi connectivity index (χ2n) is 6.62. The molecule has 1 aliphatic carbocycles. The quantitative estimate of drug-likeness (QED) is 0.642. The zero-order chi connectivity index (χ0) is 19.0. The fourth-order valence-electron chi connectivity index (χ4n) is 3.12. The lowest BCUT2D eigenvalue weighted by Gasteiger charge is -2.05. The zero-order valence-electron chi connectivity index (χ0n) is 14.2. The lowest BCUT2D eigenvalue weighted by atomic mass is 10.1. The standard InChI is InChI=1S/C20H16Cl2FN3O/c21-14-4-1-12(2-5-14)16-10-17(16)20(27)24-19-7-8-26(25-19)11-13-3-6-15(23)9-18(13)22/h1-9,16-17H,10-11H2,(H,24,25,27). The summed E-state index contributed by atoms with van der Waals surface area (Å²) in [5.74, 6) is 0.238. The van der Waals surface area contributed by atoms with Crippen LogP contribution in [0, 0.1) is 11.7 Å². The Morgan fingerprint density at radius 3 is 2.70 bits per heavy atom. The maximum atomic E-state index is 13.1. The predicted octanol–water partition coefficient (Wildman–Crippen LogP) is 5.12. The Morgan fingerprint density at radius 2 is 1.96 bits per heavy atom. The Kier molecular flexibility index (Phi) is 4.89. The fourth-order valence-corrected chi connectivity index (χ4v) is 3.48. The summed E-state index contributed by atoms with van der Waals surface area (Å²) in [5, 5.41) is 8.23. The minimum atomic E-state index is -0.378. The molecule has 1 aliphatic rings. The van der Waals surface area contributed by atoms with Crippen molar-refractivity contribution in [3.05, 3.63) is 81.7 Å². The SMILES string of the molecule is O=C(Nc1ccn(Cc2ccc(F)cc2Cl)n1)C1CC1c1ccc(Cl)cc1. The monoisotopic (exact) mass is 403 g/mol. The van der Waals surface area contributed by atoms with Crippen molar-refractivity contribution in [2.45, 2.75) is 18.9 Å². The summed E-state index contributed by atoms with van der Waals surface area (Å²) in [5.41, 5.74) is 1.88. The van der Waals surface area contributed by atoms with Gasteiger partial charge in [0.1, 0.15) is 5.82 Å². The van der Waals surface area contributed by atoms with Crippen LogP contribution in [0.1, 0.15) is 23.5 Å². The van der Waals surface area contributed by atoms with Crippen molar-refractivity contribution in [2.24, 2.45) is 5.92 Å². The van der Waals surface area contributed by atoms with Crippen LogP contribution < -0.4 is 5.32 Å². The highest BCUT2D eigenvalue weighted by atomic mass is 35.5. The first-order chi connectivity index (χ1) is 13.0. The van der Waals surface area contributed by atoms with E-state index in [1.807, 2.05) is 24.3 Å². The number of anilines is 1. The Bertz CT molecular complexity index is 987. The lowest BCUT2D eigenvalue weighted by molar-refractivity contribution is -0.117. The van der Waals surface area contributed by atoms with E-state index in [9.17, 15) is 9.18 Å². The Balaban J connectivity index is 1.37. The largest absolute Gasteiger partial charge is 0.309 e. The Hall–Kier alpha value is -2.37. The van der Waals surface area contributed by atoms with Crippen LogP contribution in [-0.4, -0.2) is 15.7 Å². The van der Waals surface area contributed by atoms with Gasteiger partial charge >= 0.3 is 0 Å². The number of halogens is 3. The van der Waals surface area contributed by atoms with E-state index in [4.69, 9.17) is 23.2 Å². The van der Waals surface area contributed by atoms with Crippen LogP contribution in [0.4, 0.5) is 10.2 Å². The molecule has 1 heterocycles. The van der Waals surface area contributed by atoms with Gasteiger partial charge < -0.3 is 5.32 Å². The molecular weight excluding hydrogens is 388 g/mol. The molecule has 1 amide bonds. The first-order valence-electron chi connectivity index (χ1n) is 8.53. The molecule has 0 saturated heterocycles. The summed E-state index contributed by atoms with van der Waals surface area (Å²) in [6.07, 6.45) is 2.57. The van der Waals surface area contributed by atoms with Gasteiger partial charge in [0, 0.05) is 28.2 Å². The number of rotatable bonds is 5. The molecule has 4 nitrogen and oxygen atoms in total. The van der Waals surface area contributed by atoms with Crippen LogP contribution in [0.5, 0.6) is 0 Å². The second kappa shape index (κ2) is 7.33. The van der Waals surface area contributed by atoms with Gasteiger partial charge in [-0.1, -0.05) is 41.4 Å². The summed E-state index contributed by atoms with van der Waals surface area (Å²) >= 11 is 11.9. The summed E-state index contributed by atoms with van der Waals surface area (Å²) < 4.78 is 14.8. The maximum absolute atomic E-state index is 13.1. The van der Waals surface area contributed by atoms with Crippen LogP contribution >= 0.6 is 23.2 Å². The van der Waals surface area contributed by atoms with Gasteiger partial charge in [-0.15, -0.1) is 0 Å². The topological polar surface area (TPSA) is 46.9 Å². The van der Waals surface area contributed by atoms with Crippen molar-refractivity contribution in [1.29, 1.82) is 0 Å². The number of benzene rings is 2. The van der Waals surface area contributed by atoms with E-state index in [2.05, 4.69) is 10.4 Å². The van der Waals surface area contributed by atoms with Crippen LogP contribution in [0.25, 0.3) is 0 Å². The molecule has 0 bridgehead atoms. The van der Waals surface area contributed by atoms with Gasteiger partial charge in [0.2, 0.25) is 5.91 Å². The van der Waals surface area contributed by atoms with Gasteiger partial charge in [0.15, 0.2) is 5.82 Å². The summed E-state index contributed by atoms with van der Waals surface area (Å²) in [6.45, 7) is 0.395. The fraction of sp³-hybridized carbons (Fsp3) is 0.200. The van der Waals surface area contributed by atoms with Crippen molar-refractivity contribution in [2.75, 3.05) is 5.32 Å². The molecule has 2 aromatic carbocycles. The third kappa shape index (κ3) is 4.15. The van der Waals surface area contributed by atoms with Crippen molar-refractivity contribution in [3.63, 3.8) is 0 Å². The number of aromatic nitrogens is 2. The molecule has 2 unspecified atom stereocenters. The van der Waals surface area contributed by atoms with E-state index < -0.39 is 0 Å². The van der Waals surface area contributed by atoms with Crippen molar-refractivity contribution >= 4 is 34.9 Å². The number of hydrogen-bond acceptors (Lipinski definition) is 2. The third-order valence-corrected chi connectivity index (χ3v) is 5.27. The molecule has 0 radical (unpaired) electrons. The van der Waals surface area contributed by atoms with E-state index in [1.54, 1.807) is 23.0 Å². The molecule has 3 aromatic rings. The van der Waals surface area contributed by atoms with E-state index in [1.165, 1.54) is 12.1 Å². The smallest absolute Gasteiger partial charge is 0.229 e. The number of nitrogens with one attached hydrogen (secondary N) is 1. The van der Waals surface area contributed by atoms with E-state index in [-0.39, 0.29) is 23.6 Å². The minimum absolute atomic E-state index is 0.0417. The van der Waals surface area contributed by atoms with Crippen LogP contribution in [0.2, 0.25) is 10.0 Å². The molecule has 4 rings (SSSR count). The summed E-state index contributed by atoms with van der Waals surface area (Å²) in [6, 6.07) is 13.6. The van der Waals surface area contributed by atoms with E-state index >= 15 is 0 Å². The molecule has 0 spiro atoms. The zero-order valence-corrected chi connectivity index (χ0v) is 15.7. The molecule has 2 atom stereocenters. The summed E-state index contributed by atoms with van der Waals surface area (Å²) in [7, 11) is 0. The first-order valence-corrected chi connectivity index (χ1v) is 9.29. The molecule has 1 N–H and O–H groups in total. The average molecular weight is 404 g/mol. The Labute approximate surface area is 165 Å². The van der Waals surface area contributed by atoms with Gasteiger partial charge in [-0.2, -0.15) is 5.10 Å². The number of hydrogen-bond donors (Lipinski definition) is 1. The van der Waals surface area contributed by atoms with Gasteiger partial charge in [-0.3, -0.25) is 9.48 Å². The van der Waals surface area contributed by atoms with Crippen molar-refractivity contribution in [1.82, 2.24) is 9.78 Å². The average Bonchev–Trinajstić information content (AvgIpc) is 3.32. The van der Waals surface area contributed by atoms with Gasteiger partial charge in [0.05, 0.1) is 6.54 Å². The number of nitrogens with zero attached hydrogens (tertiary/aromatic N) is 2. The van der Waals surface area contributed by atoms with Crippen molar-refractivity contribution in [3.8, 4) is 0 Å². The molecule has 1 aromatic heterocycles. The molecule has 7 heteroatoms. The van der Waals surface area contributed by atoms with E-state index in [0.717, 1.165) is 17.5 Å². The highest BCUT2D eigenvalue weighted by Crippen LogP contribution is 2.48.